The molecule has 0 aromatic heterocycles. The van der Waals surface area contributed by atoms with Crippen LogP contribution in [0.4, 0.5) is 5.69 Å². The Kier molecular flexibility index (Phi) is 5.30. The zero-order valence-corrected chi connectivity index (χ0v) is 17.3. The zero-order chi connectivity index (χ0) is 21.4. The summed E-state index contributed by atoms with van der Waals surface area (Å²) < 4.78 is 11.0. The average molecular weight is 408 g/mol. The third-order valence-electron chi connectivity index (χ3n) is 6.11. The van der Waals surface area contributed by atoms with Gasteiger partial charge < -0.3 is 9.47 Å². The number of ether oxygens (including phenoxy) is 2. The molecule has 156 valence electrons. The molecule has 2 aliphatic heterocycles. The Labute approximate surface area is 175 Å². The first-order valence-corrected chi connectivity index (χ1v) is 9.92. The minimum absolute atomic E-state index is 0.0485. The number of carbonyl (C=O) groups excluding carboxylic acids is 1. The van der Waals surface area contributed by atoms with E-state index in [-0.39, 0.29) is 23.6 Å². The lowest BCUT2D eigenvalue weighted by Gasteiger charge is -2.46. The van der Waals surface area contributed by atoms with Crippen molar-refractivity contribution < 1.29 is 19.2 Å². The molecule has 0 saturated carbocycles. The molecule has 0 aliphatic carbocycles. The van der Waals surface area contributed by atoms with Gasteiger partial charge in [-0.15, -0.1) is 0 Å². The van der Waals surface area contributed by atoms with Crippen LogP contribution in [0.15, 0.2) is 48.0 Å². The molecule has 30 heavy (non-hydrogen) atoms. The fourth-order valence-corrected chi connectivity index (χ4v) is 4.66. The molecule has 4 rings (SSSR count). The van der Waals surface area contributed by atoms with E-state index in [4.69, 9.17) is 9.47 Å². The van der Waals surface area contributed by atoms with Crippen molar-refractivity contribution in [3.8, 4) is 11.5 Å². The molecule has 2 atom stereocenters. The Morgan fingerprint density at radius 3 is 2.40 bits per heavy atom. The second kappa shape index (κ2) is 7.91. The molecular weight excluding hydrogens is 384 g/mol. The number of nitro benzene ring substituents is 1. The number of Topliss-reactive ketones (excluding diaryl/α,β-unsaturated/α-hetero) is 1. The average Bonchev–Trinajstić information content (AvgIpc) is 2.77. The van der Waals surface area contributed by atoms with Crippen molar-refractivity contribution >= 4 is 11.5 Å². The van der Waals surface area contributed by atoms with Crippen molar-refractivity contribution in [2.45, 2.75) is 31.8 Å². The lowest BCUT2D eigenvalue weighted by molar-refractivity contribution is -0.384. The molecular formula is C23H24N2O5. The van der Waals surface area contributed by atoms with Gasteiger partial charge in [0, 0.05) is 36.7 Å². The van der Waals surface area contributed by atoms with Crippen LogP contribution in [0.3, 0.4) is 0 Å². The highest BCUT2D eigenvalue weighted by molar-refractivity contribution is 5.98. The van der Waals surface area contributed by atoms with Crippen LogP contribution in [0, 0.1) is 10.1 Å². The quantitative estimate of drug-likeness (QED) is 0.429. The number of ketones is 1. The van der Waals surface area contributed by atoms with Crippen molar-refractivity contribution in [3.05, 3.63) is 74.9 Å². The molecule has 0 radical (unpaired) electrons. The minimum atomic E-state index is -0.409. The Balaban J connectivity index is 1.80. The number of nitro groups is 1. The van der Waals surface area contributed by atoms with E-state index in [9.17, 15) is 14.9 Å². The summed E-state index contributed by atoms with van der Waals surface area (Å²) >= 11 is 0. The molecule has 0 spiro atoms. The molecule has 1 fully saturated rings. The van der Waals surface area contributed by atoms with E-state index >= 15 is 0 Å². The first-order valence-electron chi connectivity index (χ1n) is 9.92. The van der Waals surface area contributed by atoms with Crippen molar-refractivity contribution in [2.75, 3.05) is 20.8 Å². The summed E-state index contributed by atoms with van der Waals surface area (Å²) in [6.45, 7) is 2.67. The van der Waals surface area contributed by atoms with Crippen molar-refractivity contribution in [3.63, 3.8) is 0 Å². The maximum Gasteiger partial charge on any atom is 0.269 e. The topological polar surface area (TPSA) is 81.9 Å². The third-order valence-corrected chi connectivity index (χ3v) is 6.11. The Bertz CT molecular complexity index is 1030. The van der Waals surface area contributed by atoms with Crippen LogP contribution in [0.5, 0.6) is 11.5 Å². The van der Waals surface area contributed by atoms with E-state index in [1.54, 1.807) is 26.4 Å². The number of carbonyl (C=O) groups is 1. The number of fused-ring (bicyclic) bond motifs is 3. The number of methoxy groups -OCH3 is 2. The monoisotopic (exact) mass is 408 g/mol. The van der Waals surface area contributed by atoms with Gasteiger partial charge in [0.25, 0.3) is 5.69 Å². The molecule has 7 heteroatoms. The highest BCUT2D eigenvalue weighted by Crippen LogP contribution is 2.48. The Morgan fingerprint density at radius 1 is 1.13 bits per heavy atom. The number of hydrogen-bond donors (Lipinski definition) is 0. The van der Waals surface area contributed by atoms with Gasteiger partial charge in [0.15, 0.2) is 17.3 Å². The fourth-order valence-electron chi connectivity index (χ4n) is 4.66. The summed E-state index contributed by atoms with van der Waals surface area (Å²) in [4.78, 5) is 26.0. The second-order valence-corrected chi connectivity index (χ2v) is 7.53. The van der Waals surface area contributed by atoms with Crippen molar-refractivity contribution in [1.29, 1.82) is 0 Å². The van der Waals surface area contributed by atoms with E-state index in [0.29, 0.717) is 17.9 Å². The van der Waals surface area contributed by atoms with Crippen LogP contribution in [-0.4, -0.2) is 36.4 Å². The van der Waals surface area contributed by atoms with E-state index in [1.165, 1.54) is 12.1 Å². The number of benzene rings is 2. The van der Waals surface area contributed by atoms with Crippen LogP contribution >= 0.6 is 0 Å². The standard InChI is InChI=1S/C23H24N2O5/c1-4-17-20(26)13-19(14-5-7-16(8-6-14)25(27)28)24-10-9-15-11-21(29-2)22(30-3)12-18(15)23(17)24/h4-8,11-12,19,23H,9-10,13H2,1-3H3/b17-4-. The maximum absolute atomic E-state index is 13.1. The fraction of sp³-hybridized carbons (Fsp3) is 0.348. The summed E-state index contributed by atoms with van der Waals surface area (Å²) in [6.07, 6.45) is 3.08. The van der Waals surface area contributed by atoms with Crippen LogP contribution < -0.4 is 9.47 Å². The van der Waals surface area contributed by atoms with Crippen LogP contribution in [0.2, 0.25) is 0 Å². The summed E-state index contributed by atoms with van der Waals surface area (Å²) in [7, 11) is 3.22. The van der Waals surface area contributed by atoms with Gasteiger partial charge in [0.2, 0.25) is 0 Å². The number of piperidine rings is 1. The molecule has 0 amide bonds. The van der Waals surface area contributed by atoms with Gasteiger partial charge in [-0.25, -0.2) is 0 Å². The molecule has 0 bridgehead atoms. The lowest BCUT2D eigenvalue weighted by atomic mass is 9.78. The van der Waals surface area contributed by atoms with Crippen LogP contribution in [0.1, 0.15) is 42.1 Å². The lowest BCUT2D eigenvalue weighted by Crippen LogP contribution is -2.45. The van der Waals surface area contributed by atoms with E-state index in [0.717, 1.165) is 35.2 Å². The molecule has 2 unspecified atom stereocenters. The largest absolute Gasteiger partial charge is 0.493 e. The van der Waals surface area contributed by atoms with Crippen molar-refractivity contribution in [2.24, 2.45) is 0 Å². The summed E-state index contributed by atoms with van der Waals surface area (Å²) in [5.74, 6) is 1.42. The Morgan fingerprint density at radius 2 is 1.80 bits per heavy atom. The molecule has 0 N–H and O–H groups in total. The highest BCUT2D eigenvalue weighted by atomic mass is 16.6. The van der Waals surface area contributed by atoms with E-state index in [1.807, 2.05) is 25.1 Å². The first-order chi connectivity index (χ1) is 14.5. The minimum Gasteiger partial charge on any atom is -0.493 e. The highest BCUT2D eigenvalue weighted by Gasteiger charge is 2.42. The van der Waals surface area contributed by atoms with Gasteiger partial charge in [-0.3, -0.25) is 19.8 Å². The third kappa shape index (κ3) is 3.25. The number of hydrogen-bond acceptors (Lipinski definition) is 6. The molecule has 2 aromatic rings. The predicted octanol–water partition coefficient (Wildman–Crippen LogP) is 4.17. The van der Waals surface area contributed by atoms with Gasteiger partial charge in [0.05, 0.1) is 25.2 Å². The maximum atomic E-state index is 13.1. The van der Waals surface area contributed by atoms with E-state index < -0.39 is 4.92 Å². The number of allylic oxidation sites excluding steroid dienone is 1. The van der Waals surface area contributed by atoms with Gasteiger partial charge >= 0.3 is 0 Å². The summed E-state index contributed by atoms with van der Waals surface area (Å²) in [5.41, 5.74) is 3.93. The predicted molar refractivity (Wildman–Crippen MR) is 112 cm³/mol. The SMILES string of the molecule is C/C=C1/C(=O)CC(c2ccc([N+](=O)[O-])cc2)N2CCc3cc(OC)c(OC)cc3C12. The second-order valence-electron chi connectivity index (χ2n) is 7.53. The summed E-state index contributed by atoms with van der Waals surface area (Å²) in [6, 6.07) is 10.2. The van der Waals surface area contributed by atoms with Gasteiger partial charge in [-0.1, -0.05) is 18.2 Å². The first kappa shape index (κ1) is 20.1. The number of non-ortho nitro benzene ring substituents is 1. The molecule has 2 aliphatic rings. The van der Waals surface area contributed by atoms with Crippen LogP contribution in [-0.2, 0) is 11.2 Å². The van der Waals surface area contributed by atoms with Crippen molar-refractivity contribution in [1.82, 2.24) is 4.90 Å². The number of nitrogens with zero attached hydrogens (tertiary/aromatic N) is 2. The van der Waals surface area contributed by atoms with Gasteiger partial charge in [-0.2, -0.15) is 0 Å². The Hall–Kier alpha value is -3.19. The number of rotatable bonds is 4. The molecule has 2 aromatic carbocycles. The molecule has 7 nitrogen and oxygen atoms in total. The van der Waals surface area contributed by atoms with Gasteiger partial charge in [-0.05, 0) is 42.2 Å². The summed E-state index contributed by atoms with van der Waals surface area (Å²) in [5, 5.41) is 11.0. The zero-order valence-electron chi connectivity index (χ0n) is 17.3. The normalized spacial score (nSPS) is 22.4. The van der Waals surface area contributed by atoms with Crippen LogP contribution in [0.25, 0.3) is 0 Å². The molecule has 2 heterocycles. The van der Waals surface area contributed by atoms with Gasteiger partial charge in [0.1, 0.15) is 0 Å². The smallest absolute Gasteiger partial charge is 0.269 e. The van der Waals surface area contributed by atoms with E-state index in [2.05, 4.69) is 4.90 Å². The molecule has 1 saturated heterocycles.